The number of benzene rings is 1. The highest BCUT2D eigenvalue weighted by Gasteiger charge is 2.49. The fraction of sp³-hybridized carbons (Fsp3) is 0.667. The van der Waals surface area contributed by atoms with Crippen molar-refractivity contribution in [2.75, 3.05) is 6.54 Å². The van der Waals surface area contributed by atoms with Crippen LogP contribution in [0.3, 0.4) is 0 Å². The van der Waals surface area contributed by atoms with Gasteiger partial charge in [0, 0.05) is 22.5 Å². The molecule has 0 heterocycles. The highest BCUT2D eigenvalue weighted by molar-refractivity contribution is 9.10. The van der Waals surface area contributed by atoms with Gasteiger partial charge in [-0.15, -0.1) is 0 Å². The Balaban J connectivity index is 2.17. The molecule has 0 radical (unpaired) electrons. The largest absolute Gasteiger partial charge is 0.314 e. The molecule has 1 aromatic carbocycles. The van der Waals surface area contributed by atoms with Gasteiger partial charge in [0.15, 0.2) is 0 Å². The average Bonchev–Trinajstić information content (AvgIpc) is 2.27. The van der Waals surface area contributed by atoms with Crippen molar-refractivity contribution in [1.82, 2.24) is 5.32 Å². The van der Waals surface area contributed by atoms with E-state index in [0.29, 0.717) is 16.9 Å². The van der Waals surface area contributed by atoms with Gasteiger partial charge in [-0.25, -0.2) is 0 Å². The van der Waals surface area contributed by atoms with Gasteiger partial charge in [0.05, 0.1) is 0 Å². The summed E-state index contributed by atoms with van der Waals surface area (Å²) in [5, 5.41) is 3.66. The molecule has 0 saturated heterocycles. The van der Waals surface area contributed by atoms with Crippen molar-refractivity contribution in [3.05, 3.63) is 34.3 Å². The Morgan fingerprint density at radius 3 is 2.20 bits per heavy atom. The first-order valence-electron chi connectivity index (χ1n) is 7.72. The lowest BCUT2D eigenvalue weighted by molar-refractivity contribution is 0.0437. The summed E-state index contributed by atoms with van der Waals surface area (Å²) in [4.78, 5) is 0. The lowest BCUT2D eigenvalue weighted by Gasteiger charge is -2.54. The third-order valence-corrected chi connectivity index (χ3v) is 5.33. The van der Waals surface area contributed by atoms with Crippen LogP contribution in [0.5, 0.6) is 0 Å². The monoisotopic (exact) mass is 337 g/mol. The molecule has 1 fully saturated rings. The molecule has 1 aliphatic rings. The summed E-state index contributed by atoms with van der Waals surface area (Å²) in [6.07, 6.45) is 2.61. The second-order valence-corrected chi connectivity index (χ2v) is 8.71. The van der Waals surface area contributed by atoms with Crippen LogP contribution in [0.25, 0.3) is 0 Å². The molecule has 1 aliphatic carbocycles. The van der Waals surface area contributed by atoms with E-state index in [1.54, 1.807) is 0 Å². The van der Waals surface area contributed by atoms with E-state index in [2.05, 4.69) is 80.1 Å². The van der Waals surface area contributed by atoms with Gasteiger partial charge in [-0.3, -0.25) is 0 Å². The number of hydrogen-bond donors (Lipinski definition) is 1. The summed E-state index contributed by atoms with van der Waals surface area (Å²) in [5.41, 5.74) is 2.26. The molecule has 0 bridgehead atoms. The van der Waals surface area contributed by atoms with Crippen molar-refractivity contribution >= 4 is 15.9 Å². The van der Waals surface area contributed by atoms with Crippen LogP contribution in [0.2, 0.25) is 0 Å². The van der Waals surface area contributed by atoms with E-state index in [1.807, 2.05) is 0 Å². The quantitative estimate of drug-likeness (QED) is 0.801. The van der Waals surface area contributed by atoms with E-state index < -0.39 is 0 Å². The third-order valence-electron chi connectivity index (χ3n) is 4.80. The fourth-order valence-corrected chi connectivity index (χ4v) is 3.45. The Labute approximate surface area is 132 Å². The van der Waals surface area contributed by atoms with Gasteiger partial charge in [0.1, 0.15) is 0 Å². The zero-order chi connectivity index (χ0) is 15.0. The highest BCUT2D eigenvalue weighted by atomic mass is 79.9. The van der Waals surface area contributed by atoms with Gasteiger partial charge in [-0.1, -0.05) is 62.7 Å². The summed E-state index contributed by atoms with van der Waals surface area (Å²) in [6.45, 7) is 12.7. The van der Waals surface area contributed by atoms with E-state index in [-0.39, 0.29) is 0 Å². The lowest BCUT2D eigenvalue weighted by Crippen LogP contribution is -2.52. The van der Waals surface area contributed by atoms with Crippen LogP contribution in [-0.4, -0.2) is 12.6 Å². The lowest BCUT2D eigenvalue weighted by atomic mass is 9.52. The van der Waals surface area contributed by atoms with Crippen LogP contribution >= 0.6 is 15.9 Å². The molecule has 0 aromatic heterocycles. The molecule has 1 aromatic rings. The Hall–Kier alpha value is -0.340. The standard InChI is InChI=1S/C18H28BrN/c1-13(2)20-12-18(10-15(11-18)17(3,4)5)14-6-8-16(19)9-7-14/h6-9,13,15,20H,10-12H2,1-5H3. The van der Waals surface area contributed by atoms with E-state index in [4.69, 9.17) is 0 Å². The maximum atomic E-state index is 3.66. The van der Waals surface area contributed by atoms with Crippen molar-refractivity contribution < 1.29 is 0 Å². The Morgan fingerprint density at radius 2 is 1.75 bits per heavy atom. The summed E-state index contributed by atoms with van der Waals surface area (Å²) in [6, 6.07) is 9.50. The number of nitrogens with one attached hydrogen (secondary N) is 1. The first kappa shape index (κ1) is 16.0. The molecule has 0 atom stereocenters. The normalized spacial score (nSPS) is 26.6. The van der Waals surface area contributed by atoms with Gasteiger partial charge < -0.3 is 5.32 Å². The number of rotatable bonds is 4. The predicted octanol–water partition coefficient (Wildman–Crippen LogP) is 5.14. The molecule has 112 valence electrons. The van der Waals surface area contributed by atoms with Crippen molar-refractivity contribution in [3.8, 4) is 0 Å². The van der Waals surface area contributed by atoms with E-state index in [1.165, 1.54) is 22.9 Å². The van der Waals surface area contributed by atoms with Crippen molar-refractivity contribution in [2.45, 2.75) is 58.9 Å². The first-order valence-corrected chi connectivity index (χ1v) is 8.52. The maximum Gasteiger partial charge on any atom is 0.0175 e. The molecule has 1 saturated carbocycles. The second kappa shape index (κ2) is 5.81. The molecule has 2 heteroatoms. The molecule has 2 rings (SSSR count). The topological polar surface area (TPSA) is 12.0 Å². The molecule has 1 N–H and O–H groups in total. The minimum atomic E-state index is 0.336. The Kier molecular flexibility index (Phi) is 4.66. The van der Waals surface area contributed by atoms with Gasteiger partial charge in [0.25, 0.3) is 0 Å². The summed E-state index contributed by atoms with van der Waals surface area (Å²) < 4.78 is 1.17. The average molecular weight is 338 g/mol. The molecule has 0 unspecified atom stereocenters. The smallest absolute Gasteiger partial charge is 0.0175 e. The summed E-state index contributed by atoms with van der Waals surface area (Å²) >= 11 is 3.54. The fourth-order valence-electron chi connectivity index (χ4n) is 3.18. The van der Waals surface area contributed by atoms with Gasteiger partial charge >= 0.3 is 0 Å². The Bertz CT molecular complexity index is 435. The van der Waals surface area contributed by atoms with Crippen LogP contribution in [-0.2, 0) is 5.41 Å². The van der Waals surface area contributed by atoms with Crippen LogP contribution < -0.4 is 5.32 Å². The number of hydrogen-bond acceptors (Lipinski definition) is 1. The van der Waals surface area contributed by atoms with Gasteiger partial charge in [-0.05, 0) is 41.9 Å². The first-order chi connectivity index (χ1) is 9.23. The second-order valence-electron chi connectivity index (χ2n) is 7.79. The molecule has 1 nitrogen and oxygen atoms in total. The third kappa shape index (κ3) is 3.46. The van der Waals surface area contributed by atoms with Crippen LogP contribution in [0.4, 0.5) is 0 Å². The summed E-state index contributed by atoms with van der Waals surface area (Å²) in [7, 11) is 0. The van der Waals surface area contributed by atoms with Crippen LogP contribution in [0.1, 0.15) is 53.0 Å². The van der Waals surface area contributed by atoms with Crippen molar-refractivity contribution in [1.29, 1.82) is 0 Å². The molecule has 0 spiro atoms. The Morgan fingerprint density at radius 1 is 1.20 bits per heavy atom. The van der Waals surface area contributed by atoms with E-state index in [0.717, 1.165) is 12.5 Å². The molecular formula is C18H28BrN. The van der Waals surface area contributed by atoms with E-state index in [9.17, 15) is 0 Å². The molecule has 0 amide bonds. The minimum absolute atomic E-state index is 0.336. The SMILES string of the molecule is CC(C)NCC1(c2ccc(Br)cc2)CC(C(C)(C)C)C1. The number of halogens is 1. The van der Waals surface area contributed by atoms with Crippen LogP contribution in [0, 0.1) is 11.3 Å². The maximum absolute atomic E-state index is 3.66. The molecular weight excluding hydrogens is 310 g/mol. The molecule has 20 heavy (non-hydrogen) atoms. The zero-order valence-electron chi connectivity index (χ0n) is 13.5. The van der Waals surface area contributed by atoms with Gasteiger partial charge in [-0.2, -0.15) is 0 Å². The molecule has 0 aliphatic heterocycles. The zero-order valence-corrected chi connectivity index (χ0v) is 15.0. The van der Waals surface area contributed by atoms with Crippen LogP contribution in [0.15, 0.2) is 28.7 Å². The van der Waals surface area contributed by atoms with Crippen molar-refractivity contribution in [3.63, 3.8) is 0 Å². The minimum Gasteiger partial charge on any atom is -0.314 e. The van der Waals surface area contributed by atoms with Crippen molar-refractivity contribution in [2.24, 2.45) is 11.3 Å². The predicted molar refractivity (Wildman–Crippen MR) is 91.1 cm³/mol. The van der Waals surface area contributed by atoms with E-state index >= 15 is 0 Å². The van der Waals surface area contributed by atoms with Gasteiger partial charge in [0.2, 0.25) is 0 Å². The highest BCUT2D eigenvalue weighted by Crippen LogP contribution is 2.54. The summed E-state index contributed by atoms with van der Waals surface area (Å²) in [5.74, 6) is 0.833.